The molecule has 0 saturated carbocycles. The van der Waals surface area contributed by atoms with Crippen LogP contribution in [0, 0.1) is 0 Å². The fraction of sp³-hybridized carbons (Fsp3) is 0.467. The molecule has 1 aromatic carbocycles. The van der Waals surface area contributed by atoms with E-state index < -0.39 is 6.04 Å². The molecule has 0 unspecified atom stereocenters. The standard InChI is InChI=1S/C15H19ClN2O3/c1-3-13(18-8-4-5-14(18)19)15(20)17-12-7-6-10(21-2)9-11(12)16/h6-7,9,13H,3-5,8H2,1-2H3,(H,17,20)/t13-/m1/s1. The van der Waals surface area contributed by atoms with E-state index in [1.54, 1.807) is 30.2 Å². The van der Waals surface area contributed by atoms with E-state index in [0.717, 1.165) is 6.42 Å². The number of anilines is 1. The van der Waals surface area contributed by atoms with Crippen LogP contribution in [0.4, 0.5) is 5.69 Å². The lowest BCUT2D eigenvalue weighted by Crippen LogP contribution is -2.44. The first-order valence-corrected chi connectivity index (χ1v) is 7.38. The fourth-order valence-electron chi connectivity index (χ4n) is 2.49. The van der Waals surface area contributed by atoms with Crippen molar-refractivity contribution in [3.63, 3.8) is 0 Å². The summed E-state index contributed by atoms with van der Waals surface area (Å²) in [5, 5.41) is 3.20. The lowest BCUT2D eigenvalue weighted by molar-refractivity contribution is -0.135. The van der Waals surface area contributed by atoms with Crippen molar-refractivity contribution in [2.45, 2.75) is 32.2 Å². The molecule has 114 valence electrons. The van der Waals surface area contributed by atoms with Gasteiger partial charge in [0.1, 0.15) is 11.8 Å². The zero-order valence-electron chi connectivity index (χ0n) is 12.2. The molecule has 1 aliphatic heterocycles. The van der Waals surface area contributed by atoms with Crippen molar-refractivity contribution in [1.29, 1.82) is 0 Å². The summed E-state index contributed by atoms with van der Waals surface area (Å²) in [5.41, 5.74) is 0.521. The van der Waals surface area contributed by atoms with E-state index in [4.69, 9.17) is 16.3 Å². The number of rotatable bonds is 5. The van der Waals surface area contributed by atoms with Gasteiger partial charge in [-0.25, -0.2) is 0 Å². The first-order chi connectivity index (χ1) is 10.1. The predicted molar refractivity (Wildman–Crippen MR) is 81.7 cm³/mol. The van der Waals surface area contributed by atoms with E-state index >= 15 is 0 Å². The Balaban J connectivity index is 2.10. The molecule has 0 spiro atoms. The van der Waals surface area contributed by atoms with Gasteiger partial charge in [-0.3, -0.25) is 9.59 Å². The maximum atomic E-state index is 12.4. The zero-order valence-corrected chi connectivity index (χ0v) is 12.9. The Labute approximate surface area is 129 Å². The summed E-state index contributed by atoms with van der Waals surface area (Å²) < 4.78 is 5.07. The number of carbonyl (C=O) groups excluding carboxylic acids is 2. The molecule has 5 nitrogen and oxygen atoms in total. The Bertz CT molecular complexity index is 548. The Morgan fingerprint density at radius 3 is 2.81 bits per heavy atom. The van der Waals surface area contributed by atoms with Crippen molar-refractivity contribution >= 4 is 29.1 Å². The van der Waals surface area contributed by atoms with Crippen molar-refractivity contribution in [3.05, 3.63) is 23.2 Å². The van der Waals surface area contributed by atoms with Crippen LogP contribution in [0.5, 0.6) is 5.75 Å². The summed E-state index contributed by atoms with van der Waals surface area (Å²) in [7, 11) is 1.55. The molecule has 1 atom stereocenters. The minimum Gasteiger partial charge on any atom is -0.497 e. The van der Waals surface area contributed by atoms with Crippen molar-refractivity contribution in [3.8, 4) is 5.75 Å². The van der Waals surface area contributed by atoms with Gasteiger partial charge in [-0.2, -0.15) is 0 Å². The number of carbonyl (C=O) groups is 2. The minimum atomic E-state index is -0.446. The highest BCUT2D eigenvalue weighted by Gasteiger charge is 2.31. The summed E-state index contributed by atoms with van der Waals surface area (Å²) in [5.74, 6) is 0.456. The highest BCUT2D eigenvalue weighted by Crippen LogP contribution is 2.27. The molecular formula is C15H19ClN2O3. The molecule has 0 radical (unpaired) electrons. The molecule has 2 amide bonds. The second-order valence-corrected chi connectivity index (χ2v) is 5.36. The number of amides is 2. The van der Waals surface area contributed by atoms with Crippen LogP contribution in [0.15, 0.2) is 18.2 Å². The van der Waals surface area contributed by atoms with Crippen molar-refractivity contribution < 1.29 is 14.3 Å². The maximum Gasteiger partial charge on any atom is 0.247 e. The average molecular weight is 311 g/mol. The van der Waals surface area contributed by atoms with E-state index in [2.05, 4.69) is 5.32 Å². The van der Waals surface area contributed by atoms with Gasteiger partial charge >= 0.3 is 0 Å². The molecular weight excluding hydrogens is 292 g/mol. The van der Waals surface area contributed by atoms with Gasteiger partial charge in [-0.15, -0.1) is 0 Å². The topological polar surface area (TPSA) is 58.6 Å². The Morgan fingerprint density at radius 1 is 1.52 bits per heavy atom. The second kappa shape index (κ2) is 6.80. The fourth-order valence-corrected chi connectivity index (χ4v) is 2.70. The SMILES string of the molecule is CC[C@H](C(=O)Nc1ccc(OC)cc1Cl)N1CCCC1=O. The normalized spacial score (nSPS) is 16.0. The first kappa shape index (κ1) is 15.6. The number of hydrogen-bond acceptors (Lipinski definition) is 3. The highest BCUT2D eigenvalue weighted by molar-refractivity contribution is 6.33. The Kier molecular flexibility index (Phi) is 5.07. The quantitative estimate of drug-likeness (QED) is 0.909. The van der Waals surface area contributed by atoms with Gasteiger partial charge in [-0.05, 0) is 25.0 Å². The number of likely N-dealkylation sites (tertiary alicyclic amines) is 1. The number of halogens is 1. The highest BCUT2D eigenvalue weighted by atomic mass is 35.5. The first-order valence-electron chi connectivity index (χ1n) is 7.00. The molecule has 1 N–H and O–H groups in total. The van der Waals surface area contributed by atoms with Gasteiger partial charge in [-0.1, -0.05) is 18.5 Å². The van der Waals surface area contributed by atoms with E-state index in [-0.39, 0.29) is 11.8 Å². The van der Waals surface area contributed by atoms with Crippen molar-refractivity contribution in [2.75, 3.05) is 19.0 Å². The third-order valence-electron chi connectivity index (χ3n) is 3.61. The van der Waals surface area contributed by atoms with Gasteiger partial charge < -0.3 is 15.0 Å². The van der Waals surface area contributed by atoms with Crippen LogP contribution < -0.4 is 10.1 Å². The number of methoxy groups -OCH3 is 1. The number of nitrogens with one attached hydrogen (secondary N) is 1. The monoisotopic (exact) mass is 310 g/mol. The summed E-state index contributed by atoms with van der Waals surface area (Å²) >= 11 is 6.11. The molecule has 0 aliphatic carbocycles. The van der Waals surface area contributed by atoms with Crippen molar-refractivity contribution in [2.24, 2.45) is 0 Å². The number of ether oxygens (including phenoxy) is 1. The van der Waals surface area contributed by atoms with Crippen LogP contribution in [-0.4, -0.2) is 36.4 Å². The molecule has 1 aromatic rings. The van der Waals surface area contributed by atoms with Gasteiger partial charge in [0, 0.05) is 19.0 Å². The number of hydrogen-bond donors (Lipinski definition) is 1. The zero-order chi connectivity index (χ0) is 15.4. The van der Waals surface area contributed by atoms with E-state index in [1.165, 1.54) is 0 Å². The van der Waals surface area contributed by atoms with Crippen LogP contribution in [0.3, 0.4) is 0 Å². The summed E-state index contributed by atoms with van der Waals surface area (Å²) in [6, 6.07) is 4.61. The van der Waals surface area contributed by atoms with Crippen molar-refractivity contribution in [1.82, 2.24) is 4.90 Å². The van der Waals surface area contributed by atoms with Gasteiger partial charge in [0.2, 0.25) is 11.8 Å². The largest absolute Gasteiger partial charge is 0.497 e. The second-order valence-electron chi connectivity index (χ2n) is 4.95. The summed E-state index contributed by atoms with van der Waals surface area (Å²) in [6.07, 6.45) is 1.91. The van der Waals surface area contributed by atoms with Gasteiger partial charge in [0.15, 0.2) is 0 Å². The van der Waals surface area contributed by atoms with Crippen LogP contribution in [-0.2, 0) is 9.59 Å². The third-order valence-corrected chi connectivity index (χ3v) is 3.92. The lowest BCUT2D eigenvalue weighted by atomic mass is 10.1. The molecule has 0 aromatic heterocycles. The molecule has 2 rings (SSSR count). The maximum absolute atomic E-state index is 12.4. The van der Waals surface area contributed by atoms with Gasteiger partial charge in [0.05, 0.1) is 17.8 Å². The minimum absolute atomic E-state index is 0.0397. The van der Waals surface area contributed by atoms with Gasteiger partial charge in [0.25, 0.3) is 0 Å². The molecule has 1 aliphatic rings. The predicted octanol–water partition coefficient (Wildman–Crippen LogP) is 2.69. The molecule has 1 heterocycles. The number of benzene rings is 1. The molecule has 21 heavy (non-hydrogen) atoms. The van der Waals surface area contributed by atoms with Crippen LogP contribution >= 0.6 is 11.6 Å². The summed E-state index contributed by atoms with van der Waals surface area (Å²) in [4.78, 5) is 25.8. The van der Waals surface area contributed by atoms with Crippen LogP contribution in [0.2, 0.25) is 5.02 Å². The Hall–Kier alpha value is -1.75. The third kappa shape index (κ3) is 3.47. The molecule has 6 heteroatoms. The van der Waals surface area contributed by atoms with E-state index in [0.29, 0.717) is 35.8 Å². The van der Waals surface area contributed by atoms with Crippen LogP contribution in [0.1, 0.15) is 26.2 Å². The van der Waals surface area contributed by atoms with E-state index in [1.807, 2.05) is 6.92 Å². The molecule has 0 bridgehead atoms. The van der Waals surface area contributed by atoms with E-state index in [9.17, 15) is 9.59 Å². The number of nitrogens with zero attached hydrogens (tertiary/aromatic N) is 1. The average Bonchev–Trinajstić information content (AvgIpc) is 2.88. The molecule has 1 saturated heterocycles. The van der Waals surface area contributed by atoms with Crippen LogP contribution in [0.25, 0.3) is 0 Å². The lowest BCUT2D eigenvalue weighted by Gasteiger charge is -2.26. The Morgan fingerprint density at radius 2 is 2.29 bits per heavy atom. The smallest absolute Gasteiger partial charge is 0.247 e. The molecule has 1 fully saturated rings. The summed E-state index contributed by atoms with van der Waals surface area (Å²) in [6.45, 7) is 2.53.